The first-order valence-corrected chi connectivity index (χ1v) is 12.0. The smallest absolute Gasteiger partial charge is 0.369 e. The summed E-state index contributed by atoms with van der Waals surface area (Å²) < 4.78 is 65.6. The topological polar surface area (TPSA) is 87.2 Å². The second-order valence-corrected chi connectivity index (χ2v) is 10.1. The number of hydrogen-bond donors (Lipinski definition) is 2. The summed E-state index contributed by atoms with van der Waals surface area (Å²) in [4.78, 5) is 10.3. The predicted octanol–water partition coefficient (Wildman–Crippen LogP) is 2.64. The molecule has 3 rings (SSSR count). The molecule has 2 aromatic rings. The van der Waals surface area contributed by atoms with Crippen molar-refractivity contribution >= 4 is 26.7 Å². The first-order chi connectivity index (χ1) is 14.6. The molecule has 1 aromatic heterocycles. The van der Waals surface area contributed by atoms with Crippen LogP contribution in [0.1, 0.15) is 25.8 Å². The number of nitrogens with one attached hydrogen (secondary N) is 2. The molecule has 1 aliphatic heterocycles. The summed E-state index contributed by atoms with van der Waals surface area (Å²) in [5, 5.41) is 3.28. The van der Waals surface area contributed by atoms with Crippen LogP contribution >= 0.6 is 0 Å². The van der Waals surface area contributed by atoms with Crippen LogP contribution in [0.15, 0.2) is 24.5 Å². The molecule has 11 heteroatoms. The Bertz CT molecular complexity index is 1000. The van der Waals surface area contributed by atoms with Crippen LogP contribution in [0.2, 0.25) is 0 Å². The van der Waals surface area contributed by atoms with Crippen LogP contribution in [0.5, 0.6) is 0 Å². The molecule has 0 saturated carbocycles. The molecule has 1 aromatic carbocycles. The highest BCUT2D eigenvalue weighted by atomic mass is 32.2. The minimum absolute atomic E-state index is 0.0477. The average Bonchev–Trinajstić information content (AvgIpc) is 2.71. The van der Waals surface area contributed by atoms with Crippen LogP contribution in [-0.4, -0.2) is 56.9 Å². The summed E-state index contributed by atoms with van der Waals surface area (Å²) in [6, 6.07) is 2.57. The van der Waals surface area contributed by atoms with E-state index in [1.165, 1.54) is 18.5 Å². The van der Waals surface area contributed by atoms with Gasteiger partial charge in [-0.3, -0.25) is 9.97 Å². The third-order valence-electron chi connectivity index (χ3n) is 5.43. The Morgan fingerprint density at radius 1 is 1.13 bits per heavy atom. The zero-order valence-corrected chi connectivity index (χ0v) is 18.4. The van der Waals surface area contributed by atoms with Gasteiger partial charge in [-0.25, -0.2) is 13.1 Å². The van der Waals surface area contributed by atoms with Crippen molar-refractivity contribution in [2.45, 2.75) is 26.4 Å². The van der Waals surface area contributed by atoms with E-state index in [-0.39, 0.29) is 22.7 Å². The van der Waals surface area contributed by atoms with E-state index < -0.39 is 21.8 Å². The van der Waals surface area contributed by atoms with Crippen molar-refractivity contribution < 1.29 is 21.6 Å². The monoisotopic (exact) mass is 459 g/mol. The van der Waals surface area contributed by atoms with Crippen molar-refractivity contribution in [1.82, 2.24) is 20.0 Å². The highest BCUT2D eigenvalue weighted by Gasteiger charge is 2.35. The summed E-state index contributed by atoms with van der Waals surface area (Å²) in [5.74, 6) is 0.681. The van der Waals surface area contributed by atoms with E-state index >= 15 is 0 Å². The number of aromatic nitrogens is 2. The van der Waals surface area contributed by atoms with Gasteiger partial charge in [0.05, 0.1) is 17.0 Å². The quantitative estimate of drug-likeness (QED) is 0.591. The van der Waals surface area contributed by atoms with Crippen molar-refractivity contribution in [3.05, 3.63) is 30.1 Å². The number of piperidine rings is 1. The SMILES string of the molecule is CCS(=O)(=O)NCCNCC1C[C@H](C)CN(c2ccc(C(F)(F)F)c3nccnc23)C1. The van der Waals surface area contributed by atoms with E-state index in [4.69, 9.17) is 0 Å². The number of rotatable bonds is 8. The minimum atomic E-state index is -4.49. The molecule has 2 heterocycles. The number of benzene rings is 1. The highest BCUT2D eigenvalue weighted by Crippen LogP contribution is 2.38. The van der Waals surface area contributed by atoms with E-state index in [1.807, 2.05) is 0 Å². The number of anilines is 1. The normalized spacial score (nSPS) is 20.4. The Labute approximate surface area is 180 Å². The van der Waals surface area contributed by atoms with Crippen molar-refractivity contribution in [1.29, 1.82) is 0 Å². The molecule has 1 aliphatic rings. The lowest BCUT2D eigenvalue weighted by atomic mass is 9.89. The maximum atomic E-state index is 13.4. The second-order valence-electron chi connectivity index (χ2n) is 8.00. The van der Waals surface area contributed by atoms with Gasteiger partial charge in [0.25, 0.3) is 0 Å². The molecule has 0 spiro atoms. The fraction of sp³-hybridized carbons (Fsp3) is 0.600. The summed E-state index contributed by atoms with van der Waals surface area (Å²) in [6.45, 7) is 6.63. The predicted molar refractivity (Wildman–Crippen MR) is 114 cm³/mol. The Morgan fingerprint density at radius 3 is 2.52 bits per heavy atom. The second kappa shape index (κ2) is 9.66. The fourth-order valence-electron chi connectivity index (χ4n) is 4.05. The maximum absolute atomic E-state index is 13.4. The molecule has 2 N–H and O–H groups in total. The molecule has 1 saturated heterocycles. The molecule has 2 atom stereocenters. The fourth-order valence-corrected chi connectivity index (χ4v) is 4.67. The van der Waals surface area contributed by atoms with E-state index in [0.717, 1.165) is 19.0 Å². The van der Waals surface area contributed by atoms with Gasteiger partial charge in [0, 0.05) is 38.6 Å². The summed E-state index contributed by atoms with van der Waals surface area (Å²) in [5.41, 5.74) is -0.00349. The van der Waals surface area contributed by atoms with Crippen LogP contribution in [0.25, 0.3) is 11.0 Å². The van der Waals surface area contributed by atoms with Crippen LogP contribution in [0, 0.1) is 11.8 Å². The van der Waals surface area contributed by atoms with Gasteiger partial charge < -0.3 is 10.2 Å². The first-order valence-electron chi connectivity index (χ1n) is 10.3. The van der Waals surface area contributed by atoms with Gasteiger partial charge in [0.2, 0.25) is 10.0 Å². The molecule has 1 fully saturated rings. The van der Waals surface area contributed by atoms with Crippen LogP contribution in [-0.2, 0) is 16.2 Å². The van der Waals surface area contributed by atoms with Gasteiger partial charge in [-0.05, 0) is 43.9 Å². The van der Waals surface area contributed by atoms with Gasteiger partial charge >= 0.3 is 6.18 Å². The van der Waals surface area contributed by atoms with E-state index in [9.17, 15) is 21.6 Å². The van der Waals surface area contributed by atoms with Gasteiger partial charge in [-0.1, -0.05) is 6.92 Å². The lowest BCUT2D eigenvalue weighted by Gasteiger charge is -2.38. The lowest BCUT2D eigenvalue weighted by Crippen LogP contribution is -2.44. The van der Waals surface area contributed by atoms with Crippen molar-refractivity contribution in [2.75, 3.05) is 43.4 Å². The average molecular weight is 460 g/mol. The van der Waals surface area contributed by atoms with Crippen LogP contribution < -0.4 is 14.9 Å². The summed E-state index contributed by atoms with van der Waals surface area (Å²) in [6.07, 6.45) is -0.822. The minimum Gasteiger partial charge on any atom is -0.369 e. The first kappa shape index (κ1) is 23.7. The van der Waals surface area contributed by atoms with Crippen molar-refractivity contribution in [3.63, 3.8) is 0 Å². The summed E-state index contributed by atoms with van der Waals surface area (Å²) >= 11 is 0. The molecule has 31 heavy (non-hydrogen) atoms. The third kappa shape index (κ3) is 6.05. The van der Waals surface area contributed by atoms with Gasteiger partial charge in [0.1, 0.15) is 11.0 Å². The molecular weight excluding hydrogens is 431 g/mol. The molecule has 7 nitrogen and oxygen atoms in total. The maximum Gasteiger partial charge on any atom is 0.418 e. The molecule has 1 unspecified atom stereocenters. The standard InChI is InChI=1S/C20H28F3N5O2S/c1-3-31(29,30)27-9-6-24-11-15-10-14(2)12-28(13-15)17-5-4-16(20(21,22)23)18-19(17)26-8-7-25-18/h4-5,7-8,14-15,24,27H,3,6,9-13H2,1-2H3/t14-,15?/m0/s1. The Kier molecular flexibility index (Phi) is 7.38. The Hall–Kier alpha value is -1.98. The zero-order chi connectivity index (χ0) is 22.6. The van der Waals surface area contributed by atoms with E-state index in [2.05, 4.69) is 31.8 Å². The molecule has 0 bridgehead atoms. The van der Waals surface area contributed by atoms with Crippen molar-refractivity contribution in [2.24, 2.45) is 11.8 Å². The molecule has 0 aliphatic carbocycles. The van der Waals surface area contributed by atoms with Gasteiger partial charge in [0.15, 0.2) is 0 Å². The number of fused-ring (bicyclic) bond motifs is 1. The molecule has 0 amide bonds. The highest BCUT2D eigenvalue weighted by molar-refractivity contribution is 7.89. The molecule has 0 radical (unpaired) electrons. The molecular formula is C20H28F3N5O2S. The zero-order valence-electron chi connectivity index (χ0n) is 17.6. The van der Waals surface area contributed by atoms with E-state index in [1.54, 1.807) is 6.92 Å². The van der Waals surface area contributed by atoms with Gasteiger partial charge in [-0.2, -0.15) is 13.2 Å². The lowest BCUT2D eigenvalue weighted by molar-refractivity contribution is -0.136. The van der Waals surface area contributed by atoms with Crippen LogP contribution in [0.4, 0.5) is 18.9 Å². The van der Waals surface area contributed by atoms with Gasteiger partial charge in [-0.15, -0.1) is 0 Å². The third-order valence-corrected chi connectivity index (χ3v) is 6.84. The number of hydrogen-bond acceptors (Lipinski definition) is 6. The Balaban J connectivity index is 1.70. The number of alkyl halides is 3. The van der Waals surface area contributed by atoms with E-state index in [0.29, 0.717) is 37.8 Å². The Morgan fingerprint density at radius 2 is 1.84 bits per heavy atom. The number of halogens is 3. The summed E-state index contributed by atoms with van der Waals surface area (Å²) in [7, 11) is -3.20. The largest absolute Gasteiger partial charge is 0.418 e. The van der Waals surface area contributed by atoms with Crippen molar-refractivity contribution in [3.8, 4) is 0 Å². The van der Waals surface area contributed by atoms with Crippen LogP contribution in [0.3, 0.4) is 0 Å². The number of nitrogens with zero attached hydrogens (tertiary/aromatic N) is 3. The molecule has 172 valence electrons. The number of sulfonamides is 1.